The van der Waals surface area contributed by atoms with E-state index in [0.717, 1.165) is 0 Å². The summed E-state index contributed by atoms with van der Waals surface area (Å²) in [6, 6.07) is 0. The first-order valence-electron chi connectivity index (χ1n) is 2.45. The van der Waals surface area contributed by atoms with E-state index in [0.29, 0.717) is 6.61 Å². The molecule has 8 heavy (non-hydrogen) atoms. The second-order valence-electron chi connectivity index (χ2n) is 1.34. The number of hydrogen-bond acceptors (Lipinski definition) is 2. The Balaban J connectivity index is 2.51. The predicted molar refractivity (Wildman–Crippen MR) is 32.7 cm³/mol. The Bertz CT molecular complexity index is 119. The minimum absolute atomic E-state index is 0.619. The second kappa shape index (κ2) is 3.02. The molecule has 2 nitrogen and oxygen atoms in total. The number of hydrogen-bond donors (Lipinski definition) is 0. The Morgan fingerprint density at radius 2 is 2.50 bits per heavy atom. The van der Waals surface area contributed by atoms with Crippen LogP contribution >= 0.6 is 0 Å². The largest absolute Gasteiger partial charge is 0.497 e. The summed E-state index contributed by atoms with van der Waals surface area (Å²) in [7, 11) is 0. The van der Waals surface area contributed by atoms with Gasteiger partial charge in [-0.25, -0.2) is 0 Å². The molecule has 0 bridgehead atoms. The fourth-order valence-electron chi connectivity index (χ4n) is 0.405. The topological polar surface area (TPSA) is 21.6 Å². The van der Waals surface area contributed by atoms with Gasteiger partial charge in [-0.3, -0.25) is 4.99 Å². The molecule has 0 N–H and O–H groups in total. The van der Waals surface area contributed by atoms with Gasteiger partial charge in [0.05, 0.1) is 6.26 Å². The van der Waals surface area contributed by atoms with Gasteiger partial charge in [0.15, 0.2) is 0 Å². The summed E-state index contributed by atoms with van der Waals surface area (Å²) in [5.74, 6) is 0. The first kappa shape index (κ1) is 5.09. The number of aliphatic imine (C=N–C) groups is 1. The van der Waals surface area contributed by atoms with Crippen molar-refractivity contribution in [2.45, 2.75) is 0 Å². The number of rotatable bonds is 0. The van der Waals surface area contributed by atoms with Crippen LogP contribution in [0.4, 0.5) is 0 Å². The third kappa shape index (κ3) is 1.60. The van der Waals surface area contributed by atoms with Gasteiger partial charge in [0.2, 0.25) is 0 Å². The number of ether oxygens (including phenoxy) is 1. The van der Waals surface area contributed by atoms with Crippen LogP contribution in [-0.4, -0.2) is 12.8 Å². The Hall–Kier alpha value is -1.05. The summed E-state index contributed by atoms with van der Waals surface area (Å²) in [5.41, 5.74) is 0. The van der Waals surface area contributed by atoms with E-state index in [-0.39, 0.29) is 0 Å². The quantitative estimate of drug-likeness (QED) is 0.456. The van der Waals surface area contributed by atoms with Crippen LogP contribution in [0.3, 0.4) is 0 Å². The molecule has 0 aliphatic carbocycles. The van der Waals surface area contributed by atoms with E-state index < -0.39 is 0 Å². The van der Waals surface area contributed by atoms with Gasteiger partial charge in [-0.2, -0.15) is 0 Å². The molecule has 0 radical (unpaired) electrons. The van der Waals surface area contributed by atoms with Crippen molar-refractivity contribution in [1.82, 2.24) is 0 Å². The van der Waals surface area contributed by atoms with Gasteiger partial charge in [0.1, 0.15) is 6.61 Å². The van der Waals surface area contributed by atoms with Crippen molar-refractivity contribution >= 4 is 6.21 Å². The van der Waals surface area contributed by atoms with Gasteiger partial charge in [0, 0.05) is 12.4 Å². The van der Waals surface area contributed by atoms with Crippen molar-refractivity contribution in [3.05, 3.63) is 24.6 Å². The lowest BCUT2D eigenvalue weighted by atomic mass is 10.6. The molecule has 0 saturated carbocycles. The molecule has 1 aliphatic heterocycles. The van der Waals surface area contributed by atoms with Crippen LogP contribution in [0.2, 0.25) is 0 Å². The van der Waals surface area contributed by atoms with Gasteiger partial charge in [-0.15, -0.1) is 0 Å². The summed E-state index contributed by atoms with van der Waals surface area (Å²) in [4.78, 5) is 3.86. The van der Waals surface area contributed by atoms with E-state index in [9.17, 15) is 0 Å². The van der Waals surface area contributed by atoms with Crippen molar-refractivity contribution in [2.24, 2.45) is 4.99 Å². The van der Waals surface area contributed by atoms with E-state index in [1.54, 1.807) is 24.8 Å². The molecule has 0 saturated heterocycles. The summed E-state index contributed by atoms with van der Waals surface area (Å²) in [5, 5.41) is 0. The highest BCUT2D eigenvalue weighted by Gasteiger charge is 1.74. The molecular weight excluding hydrogens is 102 g/mol. The molecule has 0 atom stereocenters. The Labute approximate surface area is 48.2 Å². The standard InChI is InChI=1S/C6H7NO/c1-3-7-4-2-6-8-5-1/h1-5H,6H2/b4-2+,5-1+,7-3+. The predicted octanol–water partition coefficient (Wildman–Crippen LogP) is 1.11. The maximum atomic E-state index is 4.92. The lowest BCUT2D eigenvalue weighted by molar-refractivity contribution is 0.290. The van der Waals surface area contributed by atoms with Crippen molar-refractivity contribution < 1.29 is 4.74 Å². The van der Waals surface area contributed by atoms with E-state index in [2.05, 4.69) is 4.99 Å². The van der Waals surface area contributed by atoms with Crippen molar-refractivity contribution in [2.75, 3.05) is 6.61 Å². The van der Waals surface area contributed by atoms with Gasteiger partial charge in [0.25, 0.3) is 0 Å². The minimum Gasteiger partial charge on any atom is -0.497 e. The van der Waals surface area contributed by atoms with Crippen LogP contribution in [0.1, 0.15) is 0 Å². The van der Waals surface area contributed by atoms with Crippen LogP contribution in [0.5, 0.6) is 0 Å². The van der Waals surface area contributed by atoms with Crippen LogP contribution in [0.15, 0.2) is 29.6 Å². The van der Waals surface area contributed by atoms with E-state index >= 15 is 0 Å². The van der Waals surface area contributed by atoms with Gasteiger partial charge in [-0.05, 0) is 12.2 Å². The summed E-state index contributed by atoms with van der Waals surface area (Å²) in [6.07, 6.45) is 8.61. The third-order valence-corrected chi connectivity index (χ3v) is 0.731. The maximum Gasteiger partial charge on any atom is 0.107 e. The molecule has 0 spiro atoms. The van der Waals surface area contributed by atoms with Crippen LogP contribution in [0.25, 0.3) is 0 Å². The molecule has 0 aromatic rings. The SMILES string of the molecule is C1=C/OC/C=C/N=C/1. The van der Waals surface area contributed by atoms with Gasteiger partial charge in [-0.1, -0.05) is 0 Å². The molecule has 42 valence electrons. The molecule has 0 fully saturated rings. The van der Waals surface area contributed by atoms with Crippen molar-refractivity contribution in [3.8, 4) is 0 Å². The first-order chi connectivity index (χ1) is 4.00. The Kier molecular flexibility index (Phi) is 1.92. The Morgan fingerprint density at radius 1 is 1.50 bits per heavy atom. The number of nitrogens with zero attached hydrogens (tertiary/aromatic N) is 1. The normalized spacial score (nSPS) is 29.0. The van der Waals surface area contributed by atoms with Crippen LogP contribution < -0.4 is 0 Å². The summed E-state index contributed by atoms with van der Waals surface area (Å²) in [6.45, 7) is 0.619. The Morgan fingerprint density at radius 3 is 3.50 bits per heavy atom. The fourth-order valence-corrected chi connectivity index (χ4v) is 0.405. The van der Waals surface area contributed by atoms with Gasteiger partial charge >= 0.3 is 0 Å². The average molecular weight is 109 g/mol. The van der Waals surface area contributed by atoms with Crippen molar-refractivity contribution in [1.29, 1.82) is 0 Å². The maximum absolute atomic E-state index is 4.92. The highest BCUT2D eigenvalue weighted by atomic mass is 16.5. The zero-order chi connectivity index (χ0) is 5.66. The van der Waals surface area contributed by atoms with E-state index in [1.165, 1.54) is 0 Å². The molecule has 0 aromatic heterocycles. The molecule has 0 unspecified atom stereocenters. The molecule has 2 heteroatoms. The molecular formula is C6H7NO. The first-order valence-corrected chi connectivity index (χ1v) is 2.45. The molecule has 0 aromatic carbocycles. The fraction of sp³-hybridized carbons (Fsp3) is 0.167. The summed E-state index contributed by atoms with van der Waals surface area (Å²) >= 11 is 0. The molecule has 1 rings (SSSR count). The third-order valence-electron chi connectivity index (χ3n) is 0.731. The summed E-state index contributed by atoms with van der Waals surface area (Å²) < 4.78 is 4.92. The molecule has 1 heterocycles. The average Bonchev–Trinajstić information content (AvgIpc) is 1.62. The van der Waals surface area contributed by atoms with Gasteiger partial charge < -0.3 is 4.74 Å². The highest BCUT2D eigenvalue weighted by molar-refractivity contribution is 5.71. The second-order valence-corrected chi connectivity index (χ2v) is 1.34. The zero-order valence-corrected chi connectivity index (χ0v) is 4.45. The van der Waals surface area contributed by atoms with Crippen LogP contribution in [0, 0.1) is 0 Å². The van der Waals surface area contributed by atoms with E-state index in [1.807, 2.05) is 6.08 Å². The highest BCUT2D eigenvalue weighted by Crippen LogP contribution is 1.83. The minimum atomic E-state index is 0.619. The lowest BCUT2D eigenvalue weighted by Crippen LogP contribution is -1.82. The van der Waals surface area contributed by atoms with Crippen molar-refractivity contribution in [3.63, 3.8) is 0 Å². The molecule has 1 aliphatic rings. The number of allylic oxidation sites excluding steroid dienone is 1. The smallest absolute Gasteiger partial charge is 0.107 e. The van der Waals surface area contributed by atoms with Crippen LogP contribution in [-0.2, 0) is 4.74 Å². The monoisotopic (exact) mass is 109 g/mol. The van der Waals surface area contributed by atoms with E-state index in [4.69, 9.17) is 4.74 Å². The zero-order valence-electron chi connectivity index (χ0n) is 4.45. The lowest BCUT2D eigenvalue weighted by Gasteiger charge is -1.92. The molecule has 0 amide bonds.